The van der Waals surface area contributed by atoms with E-state index in [9.17, 15) is 4.79 Å². The lowest BCUT2D eigenvalue weighted by Gasteiger charge is -2.03. The topological polar surface area (TPSA) is 119 Å². The number of nitrogens with two attached hydrogens (primary N) is 1. The van der Waals surface area contributed by atoms with Crippen molar-refractivity contribution in [2.75, 3.05) is 5.43 Å². The Morgan fingerprint density at radius 2 is 2.33 bits per heavy atom. The van der Waals surface area contributed by atoms with E-state index in [1.807, 2.05) is 0 Å². The van der Waals surface area contributed by atoms with Gasteiger partial charge in [-0.2, -0.15) is 0 Å². The molecule has 0 saturated heterocycles. The van der Waals surface area contributed by atoms with Crippen LogP contribution >= 0.6 is 0 Å². The van der Waals surface area contributed by atoms with Gasteiger partial charge in [-0.15, -0.1) is 0 Å². The van der Waals surface area contributed by atoms with E-state index in [1.54, 1.807) is 13.0 Å². The van der Waals surface area contributed by atoms with Crippen molar-refractivity contribution in [2.24, 2.45) is 5.84 Å². The zero-order valence-electron chi connectivity index (χ0n) is 9.67. The SMILES string of the molecule is Cc1cc(CNC(=O)c2cncc(NN)n2)on1. The first-order valence-corrected chi connectivity index (χ1v) is 5.18. The summed E-state index contributed by atoms with van der Waals surface area (Å²) in [4.78, 5) is 19.5. The summed E-state index contributed by atoms with van der Waals surface area (Å²) in [6, 6.07) is 1.74. The Bertz CT molecular complexity index is 553. The van der Waals surface area contributed by atoms with Gasteiger partial charge in [0.05, 0.1) is 24.6 Å². The molecule has 0 radical (unpaired) electrons. The van der Waals surface area contributed by atoms with Crippen molar-refractivity contribution >= 4 is 11.7 Å². The van der Waals surface area contributed by atoms with Crippen LogP contribution < -0.4 is 16.6 Å². The van der Waals surface area contributed by atoms with Gasteiger partial charge in [0, 0.05) is 6.07 Å². The predicted octanol–water partition coefficient (Wildman–Crippen LogP) is -0.0114. The Labute approximate surface area is 103 Å². The number of anilines is 1. The minimum absolute atomic E-state index is 0.168. The van der Waals surface area contributed by atoms with E-state index in [1.165, 1.54) is 12.4 Å². The molecule has 8 nitrogen and oxygen atoms in total. The number of carbonyl (C=O) groups excluding carboxylic acids is 1. The maximum Gasteiger partial charge on any atom is 0.271 e. The standard InChI is InChI=1S/C10H12N6O2/c1-6-2-7(18-16-6)3-13-10(17)8-4-12-5-9(14-8)15-11/h2,4-5H,3,11H2,1H3,(H,13,17)(H,14,15). The number of hydrogen-bond donors (Lipinski definition) is 3. The van der Waals surface area contributed by atoms with Gasteiger partial charge in [0.2, 0.25) is 0 Å². The molecule has 0 fully saturated rings. The van der Waals surface area contributed by atoms with Crippen molar-refractivity contribution in [3.05, 3.63) is 35.6 Å². The molecule has 0 aliphatic rings. The molecular weight excluding hydrogens is 236 g/mol. The van der Waals surface area contributed by atoms with Gasteiger partial charge in [0.1, 0.15) is 5.69 Å². The molecule has 94 valence electrons. The van der Waals surface area contributed by atoms with Crippen molar-refractivity contribution in [3.8, 4) is 0 Å². The minimum Gasteiger partial charge on any atom is -0.359 e. The largest absolute Gasteiger partial charge is 0.359 e. The molecule has 8 heteroatoms. The Morgan fingerprint density at radius 1 is 1.50 bits per heavy atom. The van der Waals surface area contributed by atoms with Gasteiger partial charge in [0.25, 0.3) is 5.91 Å². The number of nitrogens with zero attached hydrogens (tertiary/aromatic N) is 3. The quantitative estimate of drug-likeness (QED) is 0.514. The average Bonchev–Trinajstić information content (AvgIpc) is 2.82. The molecule has 4 N–H and O–H groups in total. The van der Waals surface area contributed by atoms with Crippen molar-refractivity contribution in [3.63, 3.8) is 0 Å². The Hall–Kier alpha value is -2.48. The lowest BCUT2D eigenvalue weighted by Crippen LogP contribution is -2.24. The minimum atomic E-state index is -0.367. The van der Waals surface area contributed by atoms with Crippen LogP contribution in [0.3, 0.4) is 0 Å². The third kappa shape index (κ3) is 2.80. The summed E-state index contributed by atoms with van der Waals surface area (Å²) >= 11 is 0. The lowest BCUT2D eigenvalue weighted by molar-refractivity contribution is 0.0942. The molecule has 2 aromatic heterocycles. The molecule has 2 rings (SSSR count). The normalized spacial score (nSPS) is 10.1. The summed E-state index contributed by atoms with van der Waals surface area (Å²) in [5.41, 5.74) is 3.24. The van der Waals surface area contributed by atoms with E-state index in [0.717, 1.165) is 5.69 Å². The summed E-state index contributed by atoms with van der Waals surface area (Å²) in [5, 5.41) is 6.35. The summed E-state index contributed by atoms with van der Waals surface area (Å²) in [6.45, 7) is 2.04. The van der Waals surface area contributed by atoms with Crippen LogP contribution in [0.5, 0.6) is 0 Å². The Balaban J connectivity index is 1.99. The highest BCUT2D eigenvalue weighted by atomic mass is 16.5. The molecule has 18 heavy (non-hydrogen) atoms. The summed E-state index contributed by atoms with van der Waals surface area (Å²) < 4.78 is 4.96. The zero-order valence-corrected chi connectivity index (χ0v) is 9.67. The number of rotatable bonds is 4. The molecule has 0 aliphatic heterocycles. The van der Waals surface area contributed by atoms with E-state index in [0.29, 0.717) is 11.6 Å². The van der Waals surface area contributed by atoms with Crippen LogP contribution in [0.15, 0.2) is 23.0 Å². The third-order valence-corrected chi connectivity index (χ3v) is 2.12. The van der Waals surface area contributed by atoms with Crippen molar-refractivity contribution < 1.29 is 9.32 Å². The van der Waals surface area contributed by atoms with Crippen LogP contribution in [0.1, 0.15) is 21.9 Å². The number of aryl methyl sites for hydroxylation is 1. The molecule has 2 aromatic rings. The van der Waals surface area contributed by atoms with Gasteiger partial charge in [-0.05, 0) is 6.92 Å². The van der Waals surface area contributed by atoms with Gasteiger partial charge in [-0.25, -0.2) is 10.8 Å². The number of hydrogen-bond acceptors (Lipinski definition) is 7. The lowest BCUT2D eigenvalue weighted by atomic mass is 10.3. The maximum absolute atomic E-state index is 11.7. The zero-order chi connectivity index (χ0) is 13.0. The van der Waals surface area contributed by atoms with E-state index < -0.39 is 0 Å². The first kappa shape index (κ1) is 12.0. The van der Waals surface area contributed by atoms with Crippen molar-refractivity contribution in [1.29, 1.82) is 0 Å². The second-order valence-corrected chi connectivity index (χ2v) is 3.55. The van der Waals surface area contributed by atoms with Crippen LogP contribution in [0, 0.1) is 6.92 Å². The second kappa shape index (κ2) is 5.23. The van der Waals surface area contributed by atoms with Crippen molar-refractivity contribution in [1.82, 2.24) is 20.4 Å². The molecule has 0 unspecified atom stereocenters. The first-order valence-electron chi connectivity index (χ1n) is 5.18. The highest BCUT2D eigenvalue weighted by molar-refractivity contribution is 5.92. The Morgan fingerprint density at radius 3 is 3.00 bits per heavy atom. The van der Waals surface area contributed by atoms with Crippen LogP contribution in [0.25, 0.3) is 0 Å². The van der Waals surface area contributed by atoms with Gasteiger partial charge < -0.3 is 15.3 Å². The molecule has 0 aliphatic carbocycles. The summed E-state index contributed by atoms with van der Waals surface area (Å²) in [6.07, 6.45) is 2.76. The second-order valence-electron chi connectivity index (χ2n) is 3.55. The number of nitrogens with one attached hydrogen (secondary N) is 2. The molecule has 0 aromatic carbocycles. The van der Waals surface area contributed by atoms with Gasteiger partial charge in [0.15, 0.2) is 11.6 Å². The highest BCUT2D eigenvalue weighted by Gasteiger charge is 2.09. The maximum atomic E-state index is 11.7. The number of nitrogen functional groups attached to an aromatic ring is 1. The van der Waals surface area contributed by atoms with Crippen LogP contribution in [-0.4, -0.2) is 21.0 Å². The third-order valence-electron chi connectivity index (χ3n) is 2.12. The molecule has 0 saturated carbocycles. The molecule has 0 spiro atoms. The fourth-order valence-electron chi connectivity index (χ4n) is 1.30. The molecule has 1 amide bonds. The number of aromatic nitrogens is 3. The number of hydrazine groups is 1. The van der Waals surface area contributed by atoms with E-state index >= 15 is 0 Å². The predicted molar refractivity (Wildman–Crippen MR) is 62.3 cm³/mol. The van der Waals surface area contributed by atoms with Gasteiger partial charge in [-0.3, -0.25) is 9.78 Å². The summed E-state index contributed by atoms with van der Waals surface area (Å²) in [7, 11) is 0. The number of carbonyl (C=O) groups is 1. The molecule has 0 bridgehead atoms. The van der Waals surface area contributed by atoms with E-state index in [2.05, 4.69) is 25.9 Å². The van der Waals surface area contributed by atoms with Gasteiger partial charge >= 0.3 is 0 Å². The van der Waals surface area contributed by atoms with E-state index in [4.69, 9.17) is 10.4 Å². The van der Waals surface area contributed by atoms with E-state index in [-0.39, 0.29) is 18.1 Å². The van der Waals surface area contributed by atoms with Gasteiger partial charge in [-0.1, -0.05) is 5.16 Å². The molecule has 2 heterocycles. The molecule has 0 atom stereocenters. The first-order chi connectivity index (χ1) is 8.69. The smallest absolute Gasteiger partial charge is 0.271 e. The Kier molecular flexibility index (Phi) is 3.49. The monoisotopic (exact) mass is 248 g/mol. The van der Waals surface area contributed by atoms with Crippen LogP contribution in [-0.2, 0) is 6.54 Å². The molecular formula is C10H12N6O2. The van der Waals surface area contributed by atoms with Crippen LogP contribution in [0.4, 0.5) is 5.82 Å². The fourth-order valence-corrected chi connectivity index (χ4v) is 1.30. The van der Waals surface area contributed by atoms with Crippen molar-refractivity contribution in [2.45, 2.75) is 13.5 Å². The highest BCUT2D eigenvalue weighted by Crippen LogP contribution is 2.03. The van der Waals surface area contributed by atoms with Crippen LogP contribution in [0.2, 0.25) is 0 Å². The number of amides is 1. The fraction of sp³-hybridized carbons (Fsp3) is 0.200. The summed E-state index contributed by atoms with van der Waals surface area (Å²) in [5.74, 6) is 5.70. The average molecular weight is 248 g/mol.